The van der Waals surface area contributed by atoms with Gasteiger partial charge in [-0.05, 0) is 55.0 Å². The Morgan fingerprint density at radius 2 is 1.90 bits per heavy atom. The first-order valence-corrected chi connectivity index (χ1v) is 12.3. The lowest BCUT2D eigenvalue weighted by Crippen LogP contribution is -2.45. The molecule has 0 bridgehead atoms. The lowest BCUT2D eigenvalue weighted by atomic mass is 9.91. The van der Waals surface area contributed by atoms with E-state index in [9.17, 15) is 4.79 Å². The first kappa shape index (κ1) is 20.2. The molecule has 2 aromatic heterocycles. The van der Waals surface area contributed by atoms with Gasteiger partial charge in [0.25, 0.3) is 5.91 Å². The molecule has 3 nitrogen and oxygen atoms in total. The highest BCUT2D eigenvalue weighted by Crippen LogP contribution is 2.40. The number of fused-ring (bicyclic) bond motifs is 1. The third-order valence-electron chi connectivity index (χ3n) is 6.54. The highest BCUT2D eigenvalue weighted by atomic mass is 35.5. The normalized spacial score (nSPS) is 17.4. The number of nitrogens with zero attached hydrogens (tertiary/aromatic N) is 2. The van der Waals surface area contributed by atoms with Gasteiger partial charge in [-0.3, -0.25) is 4.79 Å². The summed E-state index contributed by atoms with van der Waals surface area (Å²) in [6.45, 7) is 2.85. The van der Waals surface area contributed by atoms with Crippen LogP contribution in [0.1, 0.15) is 53.7 Å². The van der Waals surface area contributed by atoms with Crippen molar-refractivity contribution >= 4 is 40.4 Å². The van der Waals surface area contributed by atoms with E-state index < -0.39 is 0 Å². The van der Waals surface area contributed by atoms with Crippen molar-refractivity contribution in [2.75, 3.05) is 6.54 Å². The zero-order chi connectivity index (χ0) is 20.8. The van der Waals surface area contributed by atoms with Crippen LogP contribution in [0.5, 0.6) is 0 Å². The number of thiophene rings is 1. The van der Waals surface area contributed by atoms with Crippen LogP contribution in [-0.4, -0.2) is 28.0 Å². The highest BCUT2D eigenvalue weighted by Gasteiger charge is 2.36. The van der Waals surface area contributed by atoms with Crippen LogP contribution in [0.25, 0.3) is 16.9 Å². The molecule has 0 unspecified atom stereocenters. The van der Waals surface area contributed by atoms with Crippen molar-refractivity contribution in [2.45, 2.75) is 51.5 Å². The molecule has 1 aliphatic heterocycles. The van der Waals surface area contributed by atoms with Gasteiger partial charge < -0.3 is 9.47 Å². The van der Waals surface area contributed by atoms with Gasteiger partial charge >= 0.3 is 0 Å². The summed E-state index contributed by atoms with van der Waals surface area (Å²) < 4.78 is 2.20. The van der Waals surface area contributed by atoms with Gasteiger partial charge in [0.15, 0.2) is 0 Å². The number of hydrogen-bond donors (Lipinski definition) is 0. The van der Waals surface area contributed by atoms with Crippen LogP contribution in [0.2, 0.25) is 10.0 Å². The van der Waals surface area contributed by atoms with Gasteiger partial charge in [0, 0.05) is 40.7 Å². The van der Waals surface area contributed by atoms with Crippen LogP contribution in [0.15, 0.2) is 35.0 Å². The van der Waals surface area contributed by atoms with E-state index in [2.05, 4.69) is 33.2 Å². The molecule has 6 heteroatoms. The summed E-state index contributed by atoms with van der Waals surface area (Å²) in [5.74, 6) is 0.181. The Morgan fingerprint density at radius 3 is 2.60 bits per heavy atom. The van der Waals surface area contributed by atoms with Gasteiger partial charge in [-0.1, -0.05) is 42.5 Å². The Kier molecular flexibility index (Phi) is 5.42. The van der Waals surface area contributed by atoms with Crippen molar-refractivity contribution in [2.24, 2.45) is 0 Å². The number of halogens is 2. The maximum absolute atomic E-state index is 13.7. The molecule has 30 heavy (non-hydrogen) atoms. The largest absolute Gasteiger partial charge is 0.335 e. The van der Waals surface area contributed by atoms with Crippen LogP contribution < -0.4 is 0 Å². The Labute approximate surface area is 191 Å². The maximum Gasteiger partial charge on any atom is 0.256 e. The average molecular weight is 459 g/mol. The topological polar surface area (TPSA) is 25.2 Å². The van der Waals surface area contributed by atoms with Crippen LogP contribution >= 0.6 is 34.5 Å². The molecule has 0 saturated heterocycles. The van der Waals surface area contributed by atoms with Crippen molar-refractivity contribution in [3.63, 3.8) is 0 Å². The number of aromatic nitrogens is 1. The first-order chi connectivity index (χ1) is 14.6. The molecular formula is C24H24Cl2N2OS. The molecule has 0 N–H and O–H groups in total. The average Bonchev–Trinajstić information content (AvgIpc) is 3.36. The fraction of sp³-hybridized carbons (Fsp3) is 0.375. The third kappa shape index (κ3) is 3.30. The Bertz CT molecular complexity index is 1100. The van der Waals surface area contributed by atoms with E-state index in [0.717, 1.165) is 59.6 Å². The van der Waals surface area contributed by atoms with E-state index in [1.807, 2.05) is 12.1 Å². The van der Waals surface area contributed by atoms with Crippen molar-refractivity contribution in [3.05, 3.63) is 61.9 Å². The monoisotopic (exact) mass is 458 g/mol. The zero-order valence-corrected chi connectivity index (χ0v) is 19.3. The summed E-state index contributed by atoms with van der Waals surface area (Å²) in [6, 6.07) is 8.09. The Morgan fingerprint density at radius 1 is 1.10 bits per heavy atom. The lowest BCUT2D eigenvalue weighted by Gasteiger charge is -2.37. The number of amides is 1. The molecular weight excluding hydrogens is 435 g/mol. The zero-order valence-electron chi connectivity index (χ0n) is 17.0. The molecule has 2 aliphatic rings. The number of hydrogen-bond acceptors (Lipinski definition) is 2. The van der Waals surface area contributed by atoms with E-state index in [4.69, 9.17) is 23.2 Å². The summed E-state index contributed by atoms with van der Waals surface area (Å²) in [6.07, 6.45) is 6.82. The first-order valence-electron chi connectivity index (χ1n) is 10.6. The van der Waals surface area contributed by atoms with Crippen molar-refractivity contribution in [1.29, 1.82) is 0 Å². The van der Waals surface area contributed by atoms with E-state index in [0.29, 0.717) is 16.1 Å². The van der Waals surface area contributed by atoms with Crippen LogP contribution in [-0.2, 0) is 6.42 Å². The second-order valence-corrected chi connectivity index (χ2v) is 9.90. The molecule has 1 fully saturated rings. The maximum atomic E-state index is 13.7. The van der Waals surface area contributed by atoms with Gasteiger partial charge in [-0.15, -0.1) is 0 Å². The predicted octanol–water partition coefficient (Wildman–Crippen LogP) is 7.15. The fourth-order valence-electron chi connectivity index (χ4n) is 5.16. The molecule has 1 saturated carbocycles. The van der Waals surface area contributed by atoms with Gasteiger partial charge in [0.2, 0.25) is 0 Å². The molecule has 0 radical (unpaired) electrons. The van der Waals surface area contributed by atoms with Gasteiger partial charge in [-0.25, -0.2) is 0 Å². The number of rotatable bonds is 3. The summed E-state index contributed by atoms with van der Waals surface area (Å²) in [5.41, 5.74) is 6.03. The molecule has 1 amide bonds. The van der Waals surface area contributed by atoms with E-state index >= 15 is 0 Å². The summed E-state index contributed by atoms with van der Waals surface area (Å²) >= 11 is 14.5. The minimum absolute atomic E-state index is 0.181. The molecule has 0 atom stereocenters. The number of benzene rings is 1. The van der Waals surface area contributed by atoms with Crippen molar-refractivity contribution < 1.29 is 4.79 Å². The van der Waals surface area contributed by atoms with Crippen molar-refractivity contribution in [3.8, 4) is 16.9 Å². The second-order valence-electron chi connectivity index (χ2n) is 8.28. The van der Waals surface area contributed by atoms with E-state index in [1.54, 1.807) is 17.4 Å². The lowest BCUT2D eigenvalue weighted by molar-refractivity contribution is 0.0613. The van der Waals surface area contributed by atoms with Crippen LogP contribution in [0.4, 0.5) is 0 Å². The second kappa shape index (κ2) is 8.07. The molecule has 3 heterocycles. The highest BCUT2D eigenvalue weighted by molar-refractivity contribution is 7.08. The summed E-state index contributed by atoms with van der Waals surface area (Å²) in [4.78, 5) is 15.8. The van der Waals surface area contributed by atoms with Gasteiger partial charge in [0.05, 0.1) is 22.0 Å². The smallest absolute Gasteiger partial charge is 0.256 e. The fourth-order valence-corrected chi connectivity index (χ4v) is 6.29. The van der Waals surface area contributed by atoms with Crippen LogP contribution in [0.3, 0.4) is 0 Å². The molecule has 3 aromatic rings. The van der Waals surface area contributed by atoms with Crippen LogP contribution in [0, 0.1) is 6.92 Å². The number of carbonyl (C=O) groups is 1. The Balaban J connectivity index is 1.69. The molecule has 5 rings (SSSR count). The minimum Gasteiger partial charge on any atom is -0.335 e. The minimum atomic E-state index is 0.181. The molecule has 1 aromatic carbocycles. The summed E-state index contributed by atoms with van der Waals surface area (Å²) in [5, 5.41) is 5.42. The number of carbonyl (C=O) groups excluding carboxylic acids is 1. The summed E-state index contributed by atoms with van der Waals surface area (Å²) in [7, 11) is 0. The molecule has 156 valence electrons. The Hall–Kier alpha value is -1.75. The van der Waals surface area contributed by atoms with Gasteiger partial charge in [0.1, 0.15) is 0 Å². The van der Waals surface area contributed by atoms with E-state index in [-0.39, 0.29) is 5.91 Å². The molecule has 1 aliphatic carbocycles. The van der Waals surface area contributed by atoms with E-state index in [1.165, 1.54) is 19.3 Å². The quantitative estimate of drug-likeness (QED) is 0.408. The standard InChI is InChI=1S/C24H24Cl2N2OS/c1-15-22-21(9-11-27(24(22)29)18-5-3-2-4-6-18)28(23(15)16-10-12-30-14-16)20-8-7-17(25)13-19(20)26/h7-8,10,12-14,18H,2-6,9,11H2,1H3. The third-order valence-corrected chi connectivity index (χ3v) is 7.76. The molecule has 0 spiro atoms. The van der Waals surface area contributed by atoms with Gasteiger partial charge in [-0.2, -0.15) is 11.3 Å². The van der Waals surface area contributed by atoms with Crippen molar-refractivity contribution in [1.82, 2.24) is 9.47 Å². The predicted molar refractivity (Wildman–Crippen MR) is 125 cm³/mol. The SMILES string of the molecule is Cc1c2c(n(-c3ccc(Cl)cc3Cl)c1-c1ccsc1)CCN(C1CCCCC1)C2=O.